The van der Waals surface area contributed by atoms with Crippen molar-refractivity contribution in [1.29, 1.82) is 0 Å². The Bertz CT molecular complexity index is 987. The lowest BCUT2D eigenvalue weighted by Gasteiger charge is -2.29. The molecule has 1 saturated heterocycles. The second-order valence-corrected chi connectivity index (χ2v) is 7.21. The van der Waals surface area contributed by atoms with Crippen LogP contribution in [0.5, 0.6) is 5.75 Å². The summed E-state index contributed by atoms with van der Waals surface area (Å²) >= 11 is 0. The number of aromatic nitrogens is 1. The molecule has 1 fully saturated rings. The monoisotopic (exact) mass is 408 g/mol. The first kappa shape index (κ1) is 19.9. The van der Waals surface area contributed by atoms with Crippen molar-refractivity contribution in [1.82, 2.24) is 4.98 Å². The van der Waals surface area contributed by atoms with Crippen molar-refractivity contribution >= 4 is 28.9 Å². The molecule has 4 rings (SSSR count). The average molecular weight is 408 g/mol. The predicted octanol–water partition coefficient (Wildman–Crippen LogP) is 3.87. The zero-order valence-corrected chi connectivity index (χ0v) is 16.9. The molecule has 7 heteroatoms. The van der Waals surface area contributed by atoms with E-state index in [1.807, 2.05) is 36.1 Å². The molecule has 0 atom stereocenters. The van der Waals surface area contributed by atoms with Crippen molar-refractivity contribution in [3.05, 3.63) is 54.1 Å². The van der Waals surface area contributed by atoms with E-state index in [1.165, 1.54) is 0 Å². The van der Waals surface area contributed by atoms with Gasteiger partial charge in [0.1, 0.15) is 11.3 Å². The molecule has 7 nitrogen and oxygen atoms in total. The summed E-state index contributed by atoms with van der Waals surface area (Å²) in [7, 11) is 0. The van der Waals surface area contributed by atoms with Gasteiger partial charge in [0.15, 0.2) is 18.0 Å². The number of carbonyl (C=O) groups excluding carboxylic acids is 2. The summed E-state index contributed by atoms with van der Waals surface area (Å²) in [4.78, 5) is 31.2. The molecule has 0 unspecified atom stereocenters. The summed E-state index contributed by atoms with van der Waals surface area (Å²) in [5.41, 5.74) is 2.07. The number of piperidine rings is 1. The van der Waals surface area contributed by atoms with E-state index in [4.69, 9.17) is 13.9 Å². The fourth-order valence-electron chi connectivity index (χ4n) is 3.54. The molecule has 30 heavy (non-hydrogen) atoms. The highest BCUT2D eigenvalue weighted by atomic mass is 16.5. The van der Waals surface area contributed by atoms with Crippen LogP contribution in [0.15, 0.2) is 52.9 Å². The molecule has 0 aliphatic carbocycles. The minimum Gasteiger partial charge on any atom is -0.494 e. The fourth-order valence-corrected chi connectivity index (χ4v) is 3.54. The number of rotatable bonds is 7. The summed E-state index contributed by atoms with van der Waals surface area (Å²) in [6, 6.07) is 15.0. The number of ether oxygens (including phenoxy) is 2. The molecule has 2 aromatic carbocycles. The first-order valence-electron chi connectivity index (χ1n) is 10.2. The van der Waals surface area contributed by atoms with E-state index in [0.29, 0.717) is 49.9 Å². The first-order valence-corrected chi connectivity index (χ1v) is 10.2. The number of fused-ring (bicyclic) bond motifs is 1. The van der Waals surface area contributed by atoms with Crippen molar-refractivity contribution in [3.8, 4) is 5.75 Å². The van der Waals surface area contributed by atoms with E-state index in [2.05, 4.69) is 4.98 Å². The van der Waals surface area contributed by atoms with E-state index in [9.17, 15) is 9.59 Å². The normalized spacial score (nSPS) is 14.6. The highest BCUT2D eigenvalue weighted by molar-refractivity contribution is 5.98. The van der Waals surface area contributed by atoms with Gasteiger partial charge in [-0.2, -0.15) is 4.98 Å². The van der Waals surface area contributed by atoms with Crippen molar-refractivity contribution < 1.29 is 23.5 Å². The van der Waals surface area contributed by atoms with Crippen LogP contribution in [0.3, 0.4) is 0 Å². The Morgan fingerprint density at radius 3 is 2.53 bits per heavy atom. The molecular formula is C23H24N2O5. The van der Waals surface area contributed by atoms with Crippen LogP contribution < -0.4 is 9.64 Å². The van der Waals surface area contributed by atoms with Crippen LogP contribution in [0.25, 0.3) is 11.1 Å². The maximum absolute atomic E-state index is 12.4. The fraction of sp³-hybridized carbons (Fsp3) is 0.348. The van der Waals surface area contributed by atoms with Crippen LogP contribution in [-0.2, 0) is 9.53 Å². The van der Waals surface area contributed by atoms with E-state index in [1.54, 1.807) is 24.3 Å². The SMILES string of the molecule is CCOc1ccc(C(=O)COC(=O)C2CCN(c3nc4ccccc4o3)CC2)cc1. The lowest BCUT2D eigenvalue weighted by molar-refractivity contribution is -0.148. The molecule has 1 aliphatic heterocycles. The minimum absolute atomic E-state index is 0.223. The molecule has 156 valence electrons. The number of carbonyl (C=O) groups is 2. The number of para-hydroxylation sites is 2. The predicted molar refractivity (Wildman–Crippen MR) is 112 cm³/mol. The largest absolute Gasteiger partial charge is 0.494 e. The summed E-state index contributed by atoms with van der Waals surface area (Å²) in [5, 5.41) is 0. The molecule has 1 aromatic heterocycles. The third kappa shape index (κ3) is 4.45. The number of nitrogens with zero attached hydrogens (tertiary/aromatic N) is 2. The zero-order valence-electron chi connectivity index (χ0n) is 16.9. The highest BCUT2D eigenvalue weighted by Crippen LogP contribution is 2.26. The standard InChI is InChI=1S/C23H24N2O5/c1-2-28-18-9-7-16(8-10-18)20(26)15-29-22(27)17-11-13-25(14-12-17)23-24-19-5-3-4-6-21(19)30-23/h3-10,17H,2,11-15H2,1H3. The van der Waals surface area contributed by atoms with Crippen LogP contribution in [0.2, 0.25) is 0 Å². The Balaban J connectivity index is 1.26. The highest BCUT2D eigenvalue weighted by Gasteiger charge is 2.28. The molecular weight excluding hydrogens is 384 g/mol. The maximum atomic E-state index is 12.4. The molecule has 0 saturated carbocycles. The van der Waals surface area contributed by atoms with Gasteiger partial charge in [-0.3, -0.25) is 9.59 Å². The van der Waals surface area contributed by atoms with Gasteiger partial charge in [0.05, 0.1) is 12.5 Å². The number of hydrogen-bond acceptors (Lipinski definition) is 7. The van der Waals surface area contributed by atoms with Gasteiger partial charge in [0.2, 0.25) is 0 Å². The molecule has 2 heterocycles. The van der Waals surface area contributed by atoms with Gasteiger partial charge >= 0.3 is 5.97 Å². The van der Waals surface area contributed by atoms with Crippen LogP contribution in [0.1, 0.15) is 30.1 Å². The zero-order chi connectivity index (χ0) is 20.9. The number of hydrogen-bond donors (Lipinski definition) is 0. The molecule has 0 radical (unpaired) electrons. The summed E-state index contributed by atoms with van der Waals surface area (Å²) in [5.74, 6) is -0.0719. The lowest BCUT2D eigenvalue weighted by Crippen LogP contribution is -2.37. The lowest BCUT2D eigenvalue weighted by atomic mass is 9.97. The van der Waals surface area contributed by atoms with Gasteiger partial charge in [0, 0.05) is 18.7 Å². The van der Waals surface area contributed by atoms with Crippen molar-refractivity contribution in [2.45, 2.75) is 19.8 Å². The van der Waals surface area contributed by atoms with E-state index in [0.717, 1.165) is 11.1 Å². The van der Waals surface area contributed by atoms with Gasteiger partial charge in [0.25, 0.3) is 6.01 Å². The van der Waals surface area contributed by atoms with Crippen LogP contribution >= 0.6 is 0 Å². The molecule has 0 bridgehead atoms. The Morgan fingerprint density at radius 1 is 1.10 bits per heavy atom. The van der Waals surface area contributed by atoms with E-state index < -0.39 is 0 Å². The van der Waals surface area contributed by atoms with Gasteiger partial charge in [-0.15, -0.1) is 0 Å². The van der Waals surface area contributed by atoms with Gasteiger partial charge < -0.3 is 18.8 Å². The second kappa shape index (κ2) is 8.98. The molecule has 0 N–H and O–H groups in total. The molecule has 1 aliphatic rings. The summed E-state index contributed by atoms with van der Waals surface area (Å²) in [6.45, 7) is 3.52. The number of anilines is 1. The number of Topliss-reactive ketones (excluding diaryl/α,β-unsaturated/α-hetero) is 1. The minimum atomic E-state index is -0.327. The molecule has 3 aromatic rings. The van der Waals surface area contributed by atoms with Crippen LogP contribution in [-0.4, -0.2) is 43.0 Å². The average Bonchev–Trinajstić information content (AvgIpc) is 3.22. The summed E-state index contributed by atoms with van der Waals surface area (Å²) < 4.78 is 16.5. The quantitative estimate of drug-likeness (QED) is 0.433. The topological polar surface area (TPSA) is 81.9 Å². The van der Waals surface area contributed by atoms with Crippen LogP contribution in [0, 0.1) is 5.92 Å². The van der Waals surface area contributed by atoms with Gasteiger partial charge in [-0.25, -0.2) is 0 Å². The van der Waals surface area contributed by atoms with E-state index in [-0.39, 0.29) is 24.3 Å². The molecule has 0 amide bonds. The Labute approximate surface area is 174 Å². The Morgan fingerprint density at radius 2 is 1.83 bits per heavy atom. The Kier molecular flexibility index (Phi) is 5.97. The smallest absolute Gasteiger partial charge is 0.309 e. The Hall–Kier alpha value is -3.35. The van der Waals surface area contributed by atoms with Gasteiger partial charge in [-0.1, -0.05) is 12.1 Å². The number of esters is 1. The van der Waals surface area contributed by atoms with Gasteiger partial charge in [-0.05, 0) is 56.2 Å². The maximum Gasteiger partial charge on any atom is 0.309 e. The number of oxazole rings is 1. The summed E-state index contributed by atoms with van der Waals surface area (Å²) in [6.07, 6.45) is 1.27. The number of ketones is 1. The van der Waals surface area contributed by atoms with Crippen molar-refractivity contribution in [2.75, 3.05) is 31.2 Å². The van der Waals surface area contributed by atoms with Crippen molar-refractivity contribution in [3.63, 3.8) is 0 Å². The molecule has 0 spiro atoms. The third-order valence-corrected chi connectivity index (χ3v) is 5.21. The second-order valence-electron chi connectivity index (χ2n) is 7.21. The number of benzene rings is 2. The van der Waals surface area contributed by atoms with Crippen molar-refractivity contribution in [2.24, 2.45) is 5.92 Å². The third-order valence-electron chi connectivity index (χ3n) is 5.21. The van der Waals surface area contributed by atoms with E-state index >= 15 is 0 Å². The first-order chi connectivity index (χ1) is 14.6. The van der Waals surface area contributed by atoms with Crippen LogP contribution in [0.4, 0.5) is 6.01 Å².